The van der Waals surface area contributed by atoms with Crippen LogP contribution >= 0.6 is 12.6 Å². The van der Waals surface area contributed by atoms with Gasteiger partial charge in [-0.05, 0) is 17.7 Å². The van der Waals surface area contributed by atoms with Crippen molar-refractivity contribution in [3.05, 3.63) is 35.4 Å². The van der Waals surface area contributed by atoms with Crippen LogP contribution in [0.15, 0.2) is 24.3 Å². The van der Waals surface area contributed by atoms with Gasteiger partial charge in [-0.1, -0.05) is 12.1 Å². The zero-order chi connectivity index (χ0) is 16.9. The number of nitrogens with zero attached hydrogens (tertiary/aromatic N) is 1. The second-order valence-electron chi connectivity index (χ2n) is 5.25. The molecule has 1 atom stereocenters. The number of thiol groups is 1. The maximum atomic E-state index is 12.7. The molecule has 1 aliphatic rings. The number of carbonyl (C=O) groups excluding carboxylic acids is 1. The first-order valence-electron chi connectivity index (χ1n) is 7.28. The largest absolute Gasteiger partial charge is 0.416 e. The first kappa shape index (κ1) is 18.1. The van der Waals surface area contributed by atoms with Crippen molar-refractivity contribution < 1.29 is 22.7 Å². The Balaban J connectivity index is 2.16. The number of rotatable bonds is 5. The van der Waals surface area contributed by atoms with Crippen LogP contribution in [0.5, 0.6) is 0 Å². The summed E-state index contributed by atoms with van der Waals surface area (Å²) in [5.41, 5.74) is 0.0562. The van der Waals surface area contributed by atoms with Crippen LogP contribution in [0, 0.1) is 0 Å². The van der Waals surface area contributed by atoms with E-state index in [0.29, 0.717) is 32.8 Å². The Hall–Kier alpha value is -1.25. The molecule has 2 rings (SSSR count). The summed E-state index contributed by atoms with van der Waals surface area (Å²) in [6.45, 7) is 2.80. The molecule has 0 aromatic heterocycles. The van der Waals surface area contributed by atoms with Crippen LogP contribution < -0.4 is 5.32 Å². The molecule has 0 radical (unpaired) electrons. The molecule has 1 aromatic carbocycles. The van der Waals surface area contributed by atoms with Gasteiger partial charge < -0.3 is 10.1 Å². The number of ether oxygens (including phenoxy) is 1. The van der Waals surface area contributed by atoms with Gasteiger partial charge in [0.2, 0.25) is 5.91 Å². The Bertz CT molecular complexity index is 516. The van der Waals surface area contributed by atoms with E-state index in [9.17, 15) is 18.0 Å². The maximum absolute atomic E-state index is 12.7. The molecular formula is C15H19F3N2O2S. The van der Waals surface area contributed by atoms with Gasteiger partial charge in [-0.15, -0.1) is 0 Å². The molecule has 0 saturated carbocycles. The highest BCUT2D eigenvalue weighted by Crippen LogP contribution is 2.31. The number of nitrogens with one attached hydrogen (secondary N) is 1. The number of halogens is 3. The highest BCUT2D eigenvalue weighted by Gasteiger charge is 2.31. The topological polar surface area (TPSA) is 41.6 Å². The van der Waals surface area contributed by atoms with E-state index in [2.05, 4.69) is 22.8 Å². The lowest BCUT2D eigenvalue weighted by Gasteiger charge is -2.35. The van der Waals surface area contributed by atoms with E-state index in [1.807, 2.05) is 0 Å². The Morgan fingerprint density at radius 1 is 1.26 bits per heavy atom. The molecule has 1 heterocycles. The first-order chi connectivity index (χ1) is 10.9. The van der Waals surface area contributed by atoms with Gasteiger partial charge in [-0.3, -0.25) is 9.69 Å². The lowest BCUT2D eigenvalue weighted by atomic mass is 10.0. The van der Waals surface area contributed by atoms with E-state index < -0.39 is 11.7 Å². The van der Waals surface area contributed by atoms with E-state index in [1.54, 1.807) is 0 Å². The van der Waals surface area contributed by atoms with Crippen molar-refractivity contribution in [2.45, 2.75) is 12.2 Å². The molecule has 128 valence electrons. The van der Waals surface area contributed by atoms with E-state index >= 15 is 0 Å². The zero-order valence-corrected chi connectivity index (χ0v) is 13.4. The van der Waals surface area contributed by atoms with Crippen molar-refractivity contribution in [1.29, 1.82) is 0 Å². The van der Waals surface area contributed by atoms with E-state index in [1.165, 1.54) is 12.1 Å². The van der Waals surface area contributed by atoms with Crippen LogP contribution in [0.2, 0.25) is 0 Å². The number of morpholine rings is 1. The molecule has 1 amide bonds. The SMILES string of the molecule is O=C(CS)NCC(c1ccc(C(F)(F)F)cc1)N1CCOCC1. The molecule has 8 heteroatoms. The third-order valence-electron chi connectivity index (χ3n) is 3.75. The van der Waals surface area contributed by atoms with Crippen molar-refractivity contribution >= 4 is 18.5 Å². The van der Waals surface area contributed by atoms with Crippen LogP contribution in [0.25, 0.3) is 0 Å². The van der Waals surface area contributed by atoms with Crippen molar-refractivity contribution in [2.24, 2.45) is 0 Å². The molecule has 4 nitrogen and oxygen atoms in total. The van der Waals surface area contributed by atoms with Crippen molar-refractivity contribution in [2.75, 3.05) is 38.6 Å². The number of alkyl halides is 3. The average Bonchev–Trinajstić information content (AvgIpc) is 2.55. The summed E-state index contributed by atoms with van der Waals surface area (Å²) < 4.78 is 43.4. The normalized spacial score (nSPS) is 17.7. The van der Waals surface area contributed by atoms with Gasteiger partial charge in [0.05, 0.1) is 30.6 Å². The summed E-state index contributed by atoms with van der Waals surface area (Å²) in [4.78, 5) is 13.5. The molecule has 0 spiro atoms. The second kappa shape index (κ2) is 8.03. The minimum atomic E-state index is -4.35. The van der Waals surface area contributed by atoms with Gasteiger partial charge >= 0.3 is 6.18 Å². The monoisotopic (exact) mass is 348 g/mol. The minimum Gasteiger partial charge on any atom is -0.379 e. The fourth-order valence-electron chi connectivity index (χ4n) is 2.51. The average molecular weight is 348 g/mol. The molecule has 1 aliphatic heterocycles. The Labute approximate surface area is 138 Å². The van der Waals surface area contributed by atoms with Crippen molar-refractivity contribution in [1.82, 2.24) is 10.2 Å². The lowest BCUT2D eigenvalue weighted by molar-refractivity contribution is -0.137. The van der Waals surface area contributed by atoms with E-state index in [4.69, 9.17) is 4.74 Å². The third kappa shape index (κ3) is 5.12. The summed E-state index contributed by atoms with van der Waals surface area (Å²) >= 11 is 3.91. The number of carbonyl (C=O) groups is 1. The second-order valence-corrected chi connectivity index (χ2v) is 5.56. The van der Waals surface area contributed by atoms with Crippen LogP contribution in [0.4, 0.5) is 13.2 Å². The molecule has 1 fully saturated rings. The molecule has 0 aliphatic carbocycles. The minimum absolute atomic E-state index is 0.0723. The molecule has 1 N–H and O–H groups in total. The predicted octanol–water partition coefficient (Wildman–Crippen LogP) is 2.12. The number of hydrogen-bond donors (Lipinski definition) is 2. The van der Waals surface area contributed by atoms with Gasteiger partial charge in [0.1, 0.15) is 0 Å². The van der Waals surface area contributed by atoms with Crippen LogP contribution in [-0.2, 0) is 15.7 Å². The fourth-order valence-corrected chi connectivity index (χ4v) is 2.62. The quantitative estimate of drug-likeness (QED) is 0.801. The Kier molecular flexibility index (Phi) is 6.32. The first-order valence-corrected chi connectivity index (χ1v) is 7.91. The fraction of sp³-hybridized carbons (Fsp3) is 0.533. The smallest absolute Gasteiger partial charge is 0.379 e. The number of hydrogen-bond acceptors (Lipinski definition) is 4. The highest BCUT2D eigenvalue weighted by molar-refractivity contribution is 7.81. The summed E-state index contributed by atoms with van der Waals surface area (Å²) in [6.07, 6.45) is -4.35. The zero-order valence-electron chi connectivity index (χ0n) is 12.5. The third-order valence-corrected chi connectivity index (χ3v) is 4.03. The summed E-state index contributed by atoms with van der Waals surface area (Å²) in [5.74, 6) is -0.137. The standard InChI is InChI=1S/C15H19F3N2O2S/c16-15(17,18)12-3-1-11(2-4-12)13(9-19-14(21)10-23)20-5-7-22-8-6-20/h1-4,13,23H,5-10H2,(H,19,21). The molecule has 0 bridgehead atoms. The van der Waals surface area contributed by atoms with Crippen molar-refractivity contribution in [3.63, 3.8) is 0 Å². The summed E-state index contributed by atoms with van der Waals surface area (Å²) in [6, 6.07) is 4.89. The predicted molar refractivity (Wildman–Crippen MR) is 83.4 cm³/mol. The van der Waals surface area contributed by atoms with Crippen LogP contribution in [0.3, 0.4) is 0 Å². The van der Waals surface area contributed by atoms with E-state index in [0.717, 1.165) is 17.7 Å². The lowest BCUT2D eigenvalue weighted by Crippen LogP contribution is -2.44. The maximum Gasteiger partial charge on any atom is 0.416 e. The van der Waals surface area contributed by atoms with Gasteiger partial charge in [0.15, 0.2) is 0 Å². The molecule has 1 saturated heterocycles. The summed E-state index contributed by atoms with van der Waals surface area (Å²) in [5, 5.41) is 2.75. The van der Waals surface area contributed by atoms with E-state index in [-0.39, 0.29) is 17.7 Å². The van der Waals surface area contributed by atoms with Crippen LogP contribution in [0.1, 0.15) is 17.2 Å². The van der Waals surface area contributed by atoms with Crippen molar-refractivity contribution in [3.8, 4) is 0 Å². The Morgan fingerprint density at radius 3 is 2.39 bits per heavy atom. The number of amides is 1. The molecule has 1 aromatic rings. The summed E-state index contributed by atoms with van der Waals surface area (Å²) in [7, 11) is 0. The van der Waals surface area contributed by atoms with Gasteiger partial charge in [-0.2, -0.15) is 25.8 Å². The molecule has 23 heavy (non-hydrogen) atoms. The molecule has 1 unspecified atom stereocenters. The van der Waals surface area contributed by atoms with Gasteiger partial charge in [0, 0.05) is 19.6 Å². The Morgan fingerprint density at radius 2 is 1.87 bits per heavy atom. The van der Waals surface area contributed by atoms with Crippen LogP contribution in [-0.4, -0.2) is 49.4 Å². The molecular weight excluding hydrogens is 329 g/mol. The highest BCUT2D eigenvalue weighted by atomic mass is 32.1. The van der Waals surface area contributed by atoms with Gasteiger partial charge in [-0.25, -0.2) is 0 Å². The van der Waals surface area contributed by atoms with Gasteiger partial charge in [0.25, 0.3) is 0 Å². The number of benzene rings is 1.